The molecule has 3 rings (SSSR count). The highest BCUT2D eigenvalue weighted by molar-refractivity contribution is 4.89. The van der Waals surface area contributed by atoms with Crippen LogP contribution in [0, 0.1) is 0 Å². The number of hydrogen-bond donors (Lipinski definition) is 1. The predicted molar refractivity (Wildman–Crippen MR) is 70.8 cm³/mol. The highest BCUT2D eigenvalue weighted by atomic mass is 16.5. The van der Waals surface area contributed by atoms with Crippen LogP contribution in [0.25, 0.3) is 0 Å². The summed E-state index contributed by atoms with van der Waals surface area (Å²) in [5.41, 5.74) is 0. The van der Waals surface area contributed by atoms with Crippen LogP contribution in [0.5, 0.6) is 0 Å². The molecule has 1 N–H and O–H groups in total. The van der Waals surface area contributed by atoms with Crippen LogP contribution < -0.4 is 5.32 Å². The molecule has 2 heterocycles. The molecule has 3 fully saturated rings. The summed E-state index contributed by atoms with van der Waals surface area (Å²) < 4.78 is 11.8. The van der Waals surface area contributed by atoms with Crippen LogP contribution in [-0.2, 0) is 9.47 Å². The standard InChI is InChI=1S/C14H26N2O2/c1-2-13-14(3-1)18-11-9-16(13)8-10-17-12-4-6-15-7-5-12/h12-15H,1-11H2. The van der Waals surface area contributed by atoms with Crippen LogP contribution in [0.15, 0.2) is 0 Å². The van der Waals surface area contributed by atoms with Crippen molar-refractivity contribution in [2.75, 3.05) is 39.4 Å². The van der Waals surface area contributed by atoms with Crippen molar-refractivity contribution >= 4 is 0 Å². The van der Waals surface area contributed by atoms with Crippen LogP contribution in [0.1, 0.15) is 32.1 Å². The molecule has 1 saturated carbocycles. The summed E-state index contributed by atoms with van der Waals surface area (Å²) in [7, 11) is 0. The Hall–Kier alpha value is -0.160. The fourth-order valence-electron chi connectivity index (χ4n) is 3.58. The lowest BCUT2D eigenvalue weighted by molar-refractivity contribution is -0.0686. The van der Waals surface area contributed by atoms with E-state index in [4.69, 9.17) is 9.47 Å². The van der Waals surface area contributed by atoms with Crippen LogP contribution in [0.2, 0.25) is 0 Å². The molecule has 18 heavy (non-hydrogen) atoms. The molecule has 0 aromatic rings. The summed E-state index contributed by atoms with van der Waals surface area (Å²) in [6, 6.07) is 0.676. The minimum atomic E-state index is 0.492. The second-order valence-corrected chi connectivity index (χ2v) is 5.76. The third-order valence-electron chi connectivity index (χ3n) is 4.62. The van der Waals surface area contributed by atoms with E-state index in [1.165, 1.54) is 32.1 Å². The van der Waals surface area contributed by atoms with Gasteiger partial charge in [-0.3, -0.25) is 4.90 Å². The molecule has 3 aliphatic rings. The van der Waals surface area contributed by atoms with Gasteiger partial charge in [-0.05, 0) is 45.2 Å². The maximum Gasteiger partial charge on any atom is 0.0730 e. The molecule has 0 radical (unpaired) electrons. The van der Waals surface area contributed by atoms with E-state index >= 15 is 0 Å². The van der Waals surface area contributed by atoms with E-state index in [1.807, 2.05) is 0 Å². The Kier molecular flexibility index (Phi) is 4.52. The molecule has 2 unspecified atom stereocenters. The van der Waals surface area contributed by atoms with E-state index in [0.717, 1.165) is 39.4 Å². The topological polar surface area (TPSA) is 33.7 Å². The Labute approximate surface area is 110 Å². The molecular weight excluding hydrogens is 228 g/mol. The van der Waals surface area contributed by atoms with Gasteiger partial charge >= 0.3 is 0 Å². The van der Waals surface area contributed by atoms with Crippen molar-refractivity contribution in [3.8, 4) is 0 Å². The van der Waals surface area contributed by atoms with E-state index < -0.39 is 0 Å². The summed E-state index contributed by atoms with van der Waals surface area (Å²) >= 11 is 0. The van der Waals surface area contributed by atoms with Gasteiger partial charge < -0.3 is 14.8 Å². The molecule has 0 amide bonds. The van der Waals surface area contributed by atoms with Gasteiger partial charge in [0.05, 0.1) is 25.4 Å². The average Bonchev–Trinajstić information content (AvgIpc) is 2.89. The summed E-state index contributed by atoms with van der Waals surface area (Å²) in [5, 5.41) is 3.38. The van der Waals surface area contributed by atoms with Gasteiger partial charge in [0.1, 0.15) is 0 Å². The number of ether oxygens (including phenoxy) is 2. The SMILES string of the molecule is C1CC2OCCN(CCOC3CCNCC3)C2C1. The first-order valence-electron chi connectivity index (χ1n) is 7.61. The molecule has 0 bridgehead atoms. The summed E-state index contributed by atoms with van der Waals surface area (Å²) in [6.45, 7) is 6.23. The van der Waals surface area contributed by atoms with Crippen molar-refractivity contribution in [3.05, 3.63) is 0 Å². The first-order chi connectivity index (χ1) is 8.93. The summed E-state index contributed by atoms with van der Waals surface area (Å²) in [4.78, 5) is 2.60. The van der Waals surface area contributed by atoms with Gasteiger partial charge in [-0.15, -0.1) is 0 Å². The zero-order valence-electron chi connectivity index (χ0n) is 11.3. The first-order valence-corrected chi connectivity index (χ1v) is 7.61. The third-order valence-corrected chi connectivity index (χ3v) is 4.62. The van der Waals surface area contributed by atoms with Gasteiger partial charge in [0.2, 0.25) is 0 Å². The molecule has 1 aliphatic carbocycles. The van der Waals surface area contributed by atoms with Crippen molar-refractivity contribution in [1.82, 2.24) is 10.2 Å². The Morgan fingerprint density at radius 1 is 1.17 bits per heavy atom. The van der Waals surface area contributed by atoms with E-state index in [0.29, 0.717) is 18.2 Å². The predicted octanol–water partition coefficient (Wildman–Crippen LogP) is 1.01. The van der Waals surface area contributed by atoms with Crippen LogP contribution in [0.3, 0.4) is 0 Å². The second-order valence-electron chi connectivity index (χ2n) is 5.76. The van der Waals surface area contributed by atoms with Gasteiger partial charge in [0.25, 0.3) is 0 Å². The van der Waals surface area contributed by atoms with Crippen LogP contribution in [-0.4, -0.2) is 62.5 Å². The number of nitrogens with one attached hydrogen (secondary N) is 1. The average molecular weight is 254 g/mol. The number of hydrogen-bond acceptors (Lipinski definition) is 4. The highest BCUT2D eigenvalue weighted by Gasteiger charge is 2.35. The largest absolute Gasteiger partial charge is 0.377 e. The molecule has 4 nitrogen and oxygen atoms in total. The fraction of sp³-hybridized carbons (Fsp3) is 1.00. The molecule has 0 aromatic heterocycles. The van der Waals surface area contributed by atoms with Crippen LogP contribution >= 0.6 is 0 Å². The van der Waals surface area contributed by atoms with E-state index in [-0.39, 0.29) is 0 Å². The van der Waals surface area contributed by atoms with Crippen molar-refractivity contribution in [3.63, 3.8) is 0 Å². The van der Waals surface area contributed by atoms with E-state index in [1.54, 1.807) is 0 Å². The van der Waals surface area contributed by atoms with Gasteiger partial charge in [0, 0.05) is 19.1 Å². The van der Waals surface area contributed by atoms with Crippen molar-refractivity contribution < 1.29 is 9.47 Å². The maximum absolute atomic E-state index is 6.01. The zero-order valence-corrected chi connectivity index (χ0v) is 11.3. The van der Waals surface area contributed by atoms with Crippen molar-refractivity contribution in [2.45, 2.75) is 50.4 Å². The summed E-state index contributed by atoms with van der Waals surface area (Å²) in [5.74, 6) is 0. The lowest BCUT2D eigenvalue weighted by Crippen LogP contribution is -2.49. The summed E-state index contributed by atoms with van der Waals surface area (Å²) in [6.07, 6.45) is 7.27. The van der Waals surface area contributed by atoms with Gasteiger partial charge in [0.15, 0.2) is 0 Å². The number of morpholine rings is 1. The Morgan fingerprint density at radius 3 is 2.94 bits per heavy atom. The first kappa shape index (κ1) is 12.9. The Balaban J connectivity index is 1.39. The lowest BCUT2D eigenvalue weighted by Gasteiger charge is -2.37. The monoisotopic (exact) mass is 254 g/mol. The second kappa shape index (κ2) is 6.33. The maximum atomic E-state index is 6.01. The molecule has 0 spiro atoms. The highest BCUT2D eigenvalue weighted by Crippen LogP contribution is 2.29. The molecule has 2 aliphatic heterocycles. The molecule has 4 heteroatoms. The quantitative estimate of drug-likeness (QED) is 0.812. The smallest absolute Gasteiger partial charge is 0.0730 e. The minimum Gasteiger partial charge on any atom is -0.377 e. The van der Waals surface area contributed by atoms with Crippen molar-refractivity contribution in [2.24, 2.45) is 0 Å². The molecule has 104 valence electrons. The number of fused-ring (bicyclic) bond motifs is 1. The number of rotatable bonds is 4. The normalized spacial score (nSPS) is 34.7. The Bertz CT molecular complexity index is 256. The number of piperidine rings is 1. The van der Waals surface area contributed by atoms with Gasteiger partial charge in [-0.25, -0.2) is 0 Å². The molecule has 2 saturated heterocycles. The minimum absolute atomic E-state index is 0.492. The fourth-order valence-corrected chi connectivity index (χ4v) is 3.58. The molecule has 0 aromatic carbocycles. The van der Waals surface area contributed by atoms with Gasteiger partial charge in [-0.1, -0.05) is 0 Å². The van der Waals surface area contributed by atoms with E-state index in [2.05, 4.69) is 10.2 Å². The van der Waals surface area contributed by atoms with Crippen molar-refractivity contribution in [1.29, 1.82) is 0 Å². The third kappa shape index (κ3) is 3.05. The lowest BCUT2D eigenvalue weighted by atomic mass is 10.1. The van der Waals surface area contributed by atoms with Gasteiger partial charge in [-0.2, -0.15) is 0 Å². The van der Waals surface area contributed by atoms with Crippen LogP contribution in [0.4, 0.5) is 0 Å². The van der Waals surface area contributed by atoms with E-state index in [9.17, 15) is 0 Å². The molecule has 2 atom stereocenters. The molecular formula is C14H26N2O2. The number of nitrogens with zero attached hydrogens (tertiary/aromatic N) is 1. The zero-order chi connectivity index (χ0) is 12.2. The Morgan fingerprint density at radius 2 is 2.06 bits per heavy atom.